The Morgan fingerprint density at radius 1 is 0.949 bits per heavy atom. The normalized spacial score (nSPS) is 15.1. The second-order valence-electron chi connectivity index (χ2n) is 14.8. The number of nitrogens with zero attached hydrogens (tertiary/aromatic N) is 3. The Kier molecular flexibility index (Phi) is 11.7. The fourth-order valence-electron chi connectivity index (χ4n) is 7.50. The number of hydrogen-bond acceptors (Lipinski definition) is 7. The van der Waals surface area contributed by atoms with Crippen LogP contribution in [-0.4, -0.2) is 60.3 Å². The molecule has 1 saturated heterocycles. The number of carbonyl (C=O) groups is 2. The molecule has 10 nitrogen and oxygen atoms in total. The van der Waals surface area contributed by atoms with Crippen LogP contribution < -0.4 is 25.8 Å². The van der Waals surface area contributed by atoms with Crippen molar-refractivity contribution < 1.29 is 36.3 Å². The van der Waals surface area contributed by atoms with Crippen molar-refractivity contribution in [2.75, 3.05) is 48.0 Å². The summed E-state index contributed by atoms with van der Waals surface area (Å²) in [5.41, 5.74) is 2.09. The number of halogens is 5. The highest BCUT2D eigenvalue weighted by atomic mass is 32.1. The molecule has 0 atom stereocenters. The molecular weight excluding hydrogens is 790 g/mol. The third kappa shape index (κ3) is 8.36. The lowest BCUT2D eigenvalue weighted by molar-refractivity contribution is -0.137. The van der Waals surface area contributed by atoms with Crippen molar-refractivity contribution in [1.29, 1.82) is 5.26 Å². The monoisotopic (exact) mass is 829 g/mol. The van der Waals surface area contributed by atoms with Crippen LogP contribution in [0.3, 0.4) is 0 Å². The van der Waals surface area contributed by atoms with Crippen LogP contribution in [0.5, 0.6) is 0 Å². The Morgan fingerprint density at radius 3 is 2.39 bits per heavy atom. The highest BCUT2D eigenvalue weighted by Crippen LogP contribution is 2.40. The maximum absolute atomic E-state index is 15.3. The number of anilines is 3. The number of alkyl halides is 3. The Labute approximate surface area is 342 Å². The Morgan fingerprint density at radius 2 is 1.68 bits per heavy atom. The Balaban J connectivity index is 0.838. The van der Waals surface area contributed by atoms with E-state index in [1.165, 1.54) is 41.3 Å². The number of carbonyl (C=O) groups excluding carboxylic acids is 2. The summed E-state index contributed by atoms with van der Waals surface area (Å²) >= 11 is 5.55. The molecule has 5 aromatic rings. The number of hydrogen-bond donors (Lipinski definition) is 4. The standard InChI is InChI=1S/C43H40F5N7O3S/c1-42(2)40(57)54(29-10-9-27(23-49)33(21-29)43(46,47)48)41(59)55(42)30-11-12-35(34(45)22-30)51-15-4-18-58-17-3-14-50-24-25-5-7-26(8-6-25)38-31-13-16-52-39(56)32-19-28(44)20-36(53-38)37(31)32/h5-12,19-22,50-51,53H,3-4,13-18,24H2,1-2H3,(H,52,56). The van der Waals surface area contributed by atoms with Gasteiger partial charge in [-0.3, -0.25) is 14.5 Å². The molecule has 2 aliphatic heterocycles. The third-order valence-corrected chi connectivity index (χ3v) is 10.8. The van der Waals surface area contributed by atoms with Gasteiger partial charge in [0.2, 0.25) is 0 Å². The minimum Gasteiger partial charge on any atom is -0.383 e. The van der Waals surface area contributed by atoms with Crippen LogP contribution in [0, 0.1) is 23.0 Å². The van der Waals surface area contributed by atoms with Gasteiger partial charge in [-0.25, -0.2) is 8.78 Å². The number of nitrogens with one attached hydrogen (secondary N) is 4. The molecule has 0 radical (unpaired) electrons. The van der Waals surface area contributed by atoms with Crippen molar-refractivity contribution in [3.05, 3.63) is 112 Å². The molecule has 3 heterocycles. The van der Waals surface area contributed by atoms with Crippen molar-refractivity contribution in [3.63, 3.8) is 0 Å². The first-order valence-electron chi connectivity index (χ1n) is 19.0. The number of ether oxygens (including phenoxy) is 1. The predicted octanol–water partition coefficient (Wildman–Crippen LogP) is 8.20. The predicted molar refractivity (Wildman–Crippen MR) is 219 cm³/mol. The zero-order valence-corrected chi connectivity index (χ0v) is 33.0. The summed E-state index contributed by atoms with van der Waals surface area (Å²) in [5, 5.41) is 19.1. The molecule has 1 aromatic heterocycles. The maximum Gasteiger partial charge on any atom is 0.417 e. The van der Waals surface area contributed by atoms with Gasteiger partial charge >= 0.3 is 6.18 Å². The molecule has 2 aliphatic rings. The molecule has 306 valence electrons. The molecule has 0 spiro atoms. The summed E-state index contributed by atoms with van der Waals surface area (Å²) in [6.07, 6.45) is -2.79. The van der Waals surface area contributed by atoms with E-state index in [9.17, 15) is 27.2 Å². The Hall–Kier alpha value is -5.89. The van der Waals surface area contributed by atoms with Crippen molar-refractivity contribution in [2.24, 2.45) is 0 Å². The zero-order valence-electron chi connectivity index (χ0n) is 32.2. The minimum absolute atomic E-state index is 0.126. The number of rotatable bonds is 14. The molecule has 0 aliphatic carbocycles. The highest BCUT2D eigenvalue weighted by molar-refractivity contribution is 7.81. The van der Waals surface area contributed by atoms with E-state index in [4.69, 9.17) is 22.2 Å². The van der Waals surface area contributed by atoms with Gasteiger partial charge in [0, 0.05) is 55.1 Å². The fourth-order valence-corrected chi connectivity index (χ4v) is 8.03. The number of amides is 2. The lowest BCUT2D eigenvalue weighted by atomic mass is 9.99. The van der Waals surface area contributed by atoms with E-state index >= 15 is 4.39 Å². The van der Waals surface area contributed by atoms with E-state index < -0.39 is 40.4 Å². The van der Waals surface area contributed by atoms with Crippen LogP contribution in [0.1, 0.15) is 59.3 Å². The zero-order chi connectivity index (χ0) is 42.1. The molecule has 59 heavy (non-hydrogen) atoms. The fraction of sp³-hybridized carbons (Fsp3) is 0.302. The van der Waals surface area contributed by atoms with Crippen LogP contribution in [0.15, 0.2) is 72.8 Å². The first-order chi connectivity index (χ1) is 28.2. The third-order valence-electron chi connectivity index (χ3n) is 10.4. The van der Waals surface area contributed by atoms with Gasteiger partial charge in [-0.15, -0.1) is 0 Å². The number of thiocarbonyl (C=S) groups is 1. The average Bonchev–Trinajstić information content (AvgIpc) is 3.57. The van der Waals surface area contributed by atoms with Crippen molar-refractivity contribution in [2.45, 2.75) is 51.4 Å². The maximum atomic E-state index is 15.3. The molecule has 4 aromatic carbocycles. The van der Waals surface area contributed by atoms with Gasteiger partial charge in [-0.1, -0.05) is 24.3 Å². The van der Waals surface area contributed by atoms with Gasteiger partial charge in [0.05, 0.1) is 34.1 Å². The van der Waals surface area contributed by atoms with Gasteiger partial charge in [0.1, 0.15) is 17.2 Å². The largest absolute Gasteiger partial charge is 0.417 e. The Bertz CT molecular complexity index is 2480. The summed E-state index contributed by atoms with van der Waals surface area (Å²) in [6, 6.07) is 19.6. The lowest BCUT2D eigenvalue weighted by Crippen LogP contribution is -2.44. The van der Waals surface area contributed by atoms with E-state index in [0.717, 1.165) is 51.7 Å². The number of H-pyrrole nitrogens is 1. The lowest BCUT2D eigenvalue weighted by Gasteiger charge is -2.29. The SMILES string of the molecule is CC1(C)C(=O)N(c2ccc(C#N)c(C(F)(F)F)c2)C(=S)N1c1ccc(NCCCOCCCNCc2ccc(-c3[nH]c4cc(F)cc5c4c3CCNC5=O)cc2)c(F)c1. The van der Waals surface area contributed by atoms with E-state index in [2.05, 4.69) is 20.9 Å². The minimum atomic E-state index is -4.83. The molecule has 2 amide bonds. The van der Waals surface area contributed by atoms with Crippen LogP contribution in [0.4, 0.5) is 39.0 Å². The smallest absolute Gasteiger partial charge is 0.383 e. The van der Waals surface area contributed by atoms with Crippen molar-refractivity contribution >= 4 is 57.1 Å². The van der Waals surface area contributed by atoms with Crippen LogP contribution in [0.25, 0.3) is 22.2 Å². The summed E-state index contributed by atoms with van der Waals surface area (Å²) in [5.74, 6) is -1.94. The van der Waals surface area contributed by atoms with Crippen LogP contribution in [0.2, 0.25) is 0 Å². The molecule has 0 unspecified atom stereocenters. The average molecular weight is 830 g/mol. The van der Waals surface area contributed by atoms with E-state index in [1.807, 2.05) is 24.3 Å². The van der Waals surface area contributed by atoms with Gasteiger partial charge < -0.3 is 30.6 Å². The number of nitriles is 1. The van der Waals surface area contributed by atoms with E-state index in [1.54, 1.807) is 19.9 Å². The van der Waals surface area contributed by atoms with Crippen LogP contribution in [-0.2, 0) is 28.7 Å². The first-order valence-corrected chi connectivity index (χ1v) is 19.4. The molecule has 1 fully saturated rings. The topological polar surface area (TPSA) is 126 Å². The molecule has 0 saturated carbocycles. The van der Waals surface area contributed by atoms with Gasteiger partial charge in [0.15, 0.2) is 5.11 Å². The molecule has 7 rings (SSSR count). The molecule has 0 bridgehead atoms. The summed E-state index contributed by atoms with van der Waals surface area (Å²) in [6.45, 7) is 6.40. The van der Waals surface area contributed by atoms with Gasteiger partial charge in [-0.2, -0.15) is 18.4 Å². The van der Waals surface area contributed by atoms with Gasteiger partial charge in [0.25, 0.3) is 11.8 Å². The second-order valence-corrected chi connectivity index (χ2v) is 15.2. The molecule has 16 heteroatoms. The number of aromatic nitrogens is 1. The summed E-state index contributed by atoms with van der Waals surface area (Å²) in [4.78, 5) is 31.7. The van der Waals surface area contributed by atoms with Crippen molar-refractivity contribution in [1.82, 2.24) is 15.6 Å². The summed E-state index contributed by atoms with van der Waals surface area (Å²) < 4.78 is 76.3. The van der Waals surface area contributed by atoms with Gasteiger partial charge in [-0.05, 0) is 117 Å². The second kappa shape index (κ2) is 16.8. The summed E-state index contributed by atoms with van der Waals surface area (Å²) in [7, 11) is 0. The van der Waals surface area contributed by atoms with E-state index in [-0.39, 0.29) is 28.1 Å². The molecular formula is C43H40F5N7O3S. The number of benzene rings is 4. The molecule has 4 N–H and O–H groups in total. The first kappa shape index (κ1) is 41.3. The quantitative estimate of drug-likeness (QED) is 0.0502. The number of aromatic amines is 1. The van der Waals surface area contributed by atoms with Crippen molar-refractivity contribution in [3.8, 4) is 17.3 Å². The van der Waals surface area contributed by atoms with E-state index in [0.29, 0.717) is 62.8 Å². The van der Waals surface area contributed by atoms with Crippen LogP contribution >= 0.6 is 12.2 Å². The highest BCUT2D eigenvalue weighted by Gasteiger charge is 2.51.